The van der Waals surface area contributed by atoms with Gasteiger partial charge in [-0.25, -0.2) is 0 Å². The molecule has 1 aliphatic heterocycles. The largest absolute Gasteiger partial charge is 0.486 e. The second-order valence-electron chi connectivity index (χ2n) is 4.94. The Hall–Kier alpha value is -1.22. The lowest BCUT2D eigenvalue weighted by Crippen LogP contribution is -2.31. The third-order valence-corrected chi connectivity index (χ3v) is 3.01. The molecule has 0 saturated heterocycles. The summed E-state index contributed by atoms with van der Waals surface area (Å²) >= 11 is 0. The first-order chi connectivity index (χ1) is 7.41. The van der Waals surface area contributed by atoms with Crippen molar-refractivity contribution in [3.63, 3.8) is 0 Å². The number of ether oxygens (including phenoxy) is 2. The van der Waals surface area contributed by atoms with E-state index >= 15 is 0 Å². The second-order valence-corrected chi connectivity index (χ2v) is 4.94. The predicted molar refractivity (Wildman–Crippen MR) is 64.1 cm³/mol. The van der Waals surface area contributed by atoms with Crippen LogP contribution >= 0.6 is 0 Å². The summed E-state index contributed by atoms with van der Waals surface area (Å²) < 4.78 is 11.4. The molecular formula is C13H19NO2. The fourth-order valence-corrected chi connectivity index (χ4v) is 1.95. The Morgan fingerprint density at radius 1 is 1.12 bits per heavy atom. The van der Waals surface area contributed by atoms with Gasteiger partial charge in [-0.2, -0.15) is 0 Å². The molecule has 0 saturated carbocycles. The third-order valence-electron chi connectivity index (χ3n) is 3.01. The van der Waals surface area contributed by atoms with E-state index in [1.165, 1.54) is 5.56 Å². The maximum atomic E-state index is 6.16. The van der Waals surface area contributed by atoms with Crippen molar-refractivity contribution in [3.8, 4) is 11.5 Å². The molecule has 0 aliphatic carbocycles. The molecule has 0 atom stereocenters. The maximum Gasteiger partial charge on any atom is 0.166 e. The Labute approximate surface area is 96.5 Å². The summed E-state index contributed by atoms with van der Waals surface area (Å²) in [5.41, 5.74) is 9.10. The van der Waals surface area contributed by atoms with E-state index in [1.807, 2.05) is 13.8 Å². The zero-order valence-corrected chi connectivity index (χ0v) is 10.4. The van der Waals surface area contributed by atoms with E-state index in [0.29, 0.717) is 13.2 Å². The fraction of sp³-hybridized carbons (Fsp3) is 0.538. The molecule has 3 heteroatoms. The number of rotatable bonds is 1. The van der Waals surface area contributed by atoms with E-state index in [1.54, 1.807) is 0 Å². The zero-order chi connectivity index (χ0) is 11.9. The van der Waals surface area contributed by atoms with Crippen LogP contribution in [0.4, 0.5) is 0 Å². The Bertz CT molecular complexity index is 419. The lowest BCUT2D eigenvalue weighted by atomic mass is 9.90. The lowest BCUT2D eigenvalue weighted by Gasteiger charge is -2.29. The molecule has 16 heavy (non-hydrogen) atoms. The van der Waals surface area contributed by atoms with Crippen LogP contribution < -0.4 is 15.2 Å². The highest BCUT2D eigenvalue weighted by Gasteiger charge is 2.27. The number of hydrogen-bond acceptors (Lipinski definition) is 3. The van der Waals surface area contributed by atoms with Crippen molar-refractivity contribution in [2.24, 2.45) is 5.73 Å². The van der Waals surface area contributed by atoms with Crippen molar-refractivity contribution in [2.45, 2.75) is 33.2 Å². The molecule has 1 aliphatic rings. The minimum Gasteiger partial charge on any atom is -0.486 e. The van der Waals surface area contributed by atoms with E-state index in [4.69, 9.17) is 15.2 Å². The van der Waals surface area contributed by atoms with Gasteiger partial charge in [0.1, 0.15) is 13.2 Å². The molecule has 3 nitrogen and oxygen atoms in total. The first-order valence-electron chi connectivity index (χ1n) is 5.60. The number of hydrogen-bond donors (Lipinski definition) is 1. The van der Waals surface area contributed by atoms with Crippen molar-refractivity contribution in [1.82, 2.24) is 0 Å². The van der Waals surface area contributed by atoms with Crippen molar-refractivity contribution in [3.05, 3.63) is 22.8 Å². The number of benzene rings is 1. The number of nitrogens with two attached hydrogens (primary N) is 1. The van der Waals surface area contributed by atoms with Gasteiger partial charge in [0.25, 0.3) is 0 Å². The number of aryl methyl sites for hydroxylation is 1. The second kappa shape index (κ2) is 3.67. The van der Waals surface area contributed by atoms with Crippen LogP contribution in [-0.4, -0.2) is 13.2 Å². The molecule has 2 rings (SSSR count). The molecule has 0 bridgehead atoms. The molecule has 0 fully saturated rings. The van der Waals surface area contributed by atoms with Crippen molar-refractivity contribution in [2.75, 3.05) is 13.2 Å². The average Bonchev–Trinajstić information content (AvgIpc) is 2.22. The van der Waals surface area contributed by atoms with Crippen LogP contribution in [0.15, 0.2) is 6.07 Å². The van der Waals surface area contributed by atoms with Gasteiger partial charge in [0, 0.05) is 11.1 Å². The summed E-state index contributed by atoms with van der Waals surface area (Å²) in [5.74, 6) is 1.68. The molecule has 1 aromatic rings. The molecule has 2 N–H and O–H groups in total. The van der Waals surface area contributed by atoms with Crippen LogP contribution in [0.2, 0.25) is 0 Å². The van der Waals surface area contributed by atoms with Gasteiger partial charge >= 0.3 is 0 Å². The van der Waals surface area contributed by atoms with Crippen LogP contribution in [-0.2, 0) is 5.54 Å². The summed E-state index contributed by atoms with van der Waals surface area (Å²) in [7, 11) is 0. The Balaban J connectivity index is 2.67. The topological polar surface area (TPSA) is 44.5 Å². The smallest absolute Gasteiger partial charge is 0.166 e. The first-order valence-corrected chi connectivity index (χ1v) is 5.60. The summed E-state index contributed by atoms with van der Waals surface area (Å²) in [5, 5.41) is 0. The maximum absolute atomic E-state index is 6.16. The monoisotopic (exact) mass is 221 g/mol. The van der Waals surface area contributed by atoms with E-state index in [9.17, 15) is 0 Å². The van der Waals surface area contributed by atoms with E-state index in [-0.39, 0.29) is 0 Å². The van der Waals surface area contributed by atoms with E-state index in [2.05, 4.69) is 19.9 Å². The molecular weight excluding hydrogens is 202 g/mol. The molecule has 0 amide bonds. The Morgan fingerprint density at radius 2 is 1.69 bits per heavy atom. The van der Waals surface area contributed by atoms with Gasteiger partial charge in [0.15, 0.2) is 11.5 Å². The highest BCUT2D eigenvalue weighted by Crippen LogP contribution is 2.42. The van der Waals surface area contributed by atoms with Crippen molar-refractivity contribution in [1.29, 1.82) is 0 Å². The average molecular weight is 221 g/mol. The van der Waals surface area contributed by atoms with Gasteiger partial charge in [-0.1, -0.05) is 6.07 Å². The first kappa shape index (κ1) is 11.3. The summed E-state index contributed by atoms with van der Waals surface area (Å²) in [6.07, 6.45) is 0. The van der Waals surface area contributed by atoms with Crippen LogP contribution in [0.3, 0.4) is 0 Å². The van der Waals surface area contributed by atoms with Crippen LogP contribution in [0.1, 0.15) is 30.5 Å². The van der Waals surface area contributed by atoms with E-state index < -0.39 is 5.54 Å². The SMILES string of the molecule is Cc1cc(C(C)(C)N)c2c(c1C)OCCO2. The van der Waals surface area contributed by atoms with Gasteiger partial charge in [-0.3, -0.25) is 0 Å². The van der Waals surface area contributed by atoms with Crippen LogP contribution in [0.25, 0.3) is 0 Å². The Morgan fingerprint density at radius 3 is 2.25 bits per heavy atom. The number of fused-ring (bicyclic) bond motifs is 1. The standard InChI is InChI=1S/C13H19NO2/c1-8-7-10(13(3,4)14)12-11(9(8)2)15-5-6-16-12/h7H,5-6,14H2,1-4H3. The normalized spacial score (nSPS) is 15.1. The van der Waals surface area contributed by atoms with Crippen LogP contribution in [0, 0.1) is 13.8 Å². The zero-order valence-electron chi connectivity index (χ0n) is 10.4. The van der Waals surface area contributed by atoms with Gasteiger partial charge in [0.2, 0.25) is 0 Å². The molecule has 0 radical (unpaired) electrons. The van der Waals surface area contributed by atoms with E-state index in [0.717, 1.165) is 22.6 Å². The molecule has 0 unspecified atom stereocenters. The Kier molecular flexibility index (Phi) is 2.58. The summed E-state index contributed by atoms with van der Waals surface area (Å²) in [4.78, 5) is 0. The van der Waals surface area contributed by atoms with Crippen LogP contribution in [0.5, 0.6) is 11.5 Å². The minimum atomic E-state index is -0.413. The summed E-state index contributed by atoms with van der Waals surface area (Å²) in [6, 6.07) is 2.10. The van der Waals surface area contributed by atoms with Gasteiger partial charge in [-0.15, -0.1) is 0 Å². The highest BCUT2D eigenvalue weighted by atomic mass is 16.6. The molecule has 0 aromatic heterocycles. The molecule has 1 heterocycles. The predicted octanol–water partition coefficient (Wildman–Crippen LogP) is 2.27. The van der Waals surface area contributed by atoms with Gasteiger partial charge in [0.05, 0.1) is 0 Å². The van der Waals surface area contributed by atoms with Crippen molar-refractivity contribution >= 4 is 0 Å². The molecule has 0 spiro atoms. The molecule has 88 valence electrons. The van der Waals surface area contributed by atoms with Crippen molar-refractivity contribution < 1.29 is 9.47 Å². The quantitative estimate of drug-likeness (QED) is 0.791. The van der Waals surface area contributed by atoms with Gasteiger partial charge < -0.3 is 15.2 Å². The fourth-order valence-electron chi connectivity index (χ4n) is 1.95. The summed E-state index contributed by atoms with van der Waals surface area (Å²) in [6.45, 7) is 9.30. The highest BCUT2D eigenvalue weighted by molar-refractivity contribution is 5.57. The molecule has 1 aromatic carbocycles. The third kappa shape index (κ3) is 1.76. The lowest BCUT2D eigenvalue weighted by molar-refractivity contribution is 0.166. The van der Waals surface area contributed by atoms with Gasteiger partial charge in [-0.05, 0) is 38.8 Å². The minimum absolute atomic E-state index is 0.413.